The average molecular weight is 247 g/mol. The molecule has 0 spiro atoms. The molecule has 1 heterocycles. The van der Waals surface area contributed by atoms with E-state index in [1.54, 1.807) is 24.3 Å². The Labute approximate surface area is 106 Å². The molecular formula is C13H17N3O2. The highest BCUT2D eigenvalue weighted by Gasteiger charge is 2.23. The second kappa shape index (κ2) is 5.53. The molecule has 0 saturated carbocycles. The van der Waals surface area contributed by atoms with Gasteiger partial charge in [0, 0.05) is 12.2 Å². The molecule has 0 aromatic heterocycles. The highest BCUT2D eigenvalue weighted by Crippen LogP contribution is 2.12. The van der Waals surface area contributed by atoms with Crippen molar-refractivity contribution in [1.29, 1.82) is 0 Å². The quantitative estimate of drug-likeness (QED) is 0.671. The third-order valence-corrected chi connectivity index (χ3v) is 3.05. The van der Waals surface area contributed by atoms with Crippen LogP contribution in [0.5, 0.6) is 0 Å². The molecule has 0 bridgehead atoms. The Morgan fingerprint density at radius 3 is 2.89 bits per heavy atom. The number of carbonyl (C=O) groups is 2. The van der Waals surface area contributed by atoms with Gasteiger partial charge in [0.1, 0.15) is 6.04 Å². The zero-order valence-corrected chi connectivity index (χ0v) is 10.1. The van der Waals surface area contributed by atoms with E-state index in [0.29, 0.717) is 24.2 Å². The lowest BCUT2D eigenvalue weighted by molar-refractivity contribution is -0.122. The lowest BCUT2D eigenvalue weighted by Crippen LogP contribution is -2.45. The van der Waals surface area contributed by atoms with E-state index in [9.17, 15) is 9.59 Å². The van der Waals surface area contributed by atoms with Crippen molar-refractivity contribution in [3.8, 4) is 0 Å². The van der Waals surface area contributed by atoms with Gasteiger partial charge in [-0.2, -0.15) is 0 Å². The normalized spacial score (nSPS) is 19.8. The maximum atomic E-state index is 12.0. The van der Waals surface area contributed by atoms with Gasteiger partial charge in [-0.15, -0.1) is 0 Å². The van der Waals surface area contributed by atoms with E-state index in [0.717, 1.165) is 12.8 Å². The van der Waals surface area contributed by atoms with Crippen LogP contribution < -0.4 is 16.4 Å². The fourth-order valence-electron chi connectivity index (χ4n) is 2.02. The Kier molecular flexibility index (Phi) is 3.82. The minimum absolute atomic E-state index is 0.115. The van der Waals surface area contributed by atoms with E-state index in [1.807, 2.05) is 0 Å². The van der Waals surface area contributed by atoms with Gasteiger partial charge in [0.2, 0.25) is 5.91 Å². The van der Waals surface area contributed by atoms with Crippen LogP contribution in [0.4, 0.5) is 5.69 Å². The summed E-state index contributed by atoms with van der Waals surface area (Å²) in [5.41, 5.74) is 6.56. The summed E-state index contributed by atoms with van der Waals surface area (Å²) in [5, 5.41) is 5.52. The molecule has 0 radical (unpaired) electrons. The van der Waals surface area contributed by atoms with Crippen molar-refractivity contribution in [2.24, 2.45) is 0 Å². The number of amides is 2. The number of anilines is 1. The third kappa shape index (κ3) is 2.80. The van der Waals surface area contributed by atoms with Gasteiger partial charge >= 0.3 is 0 Å². The SMILES string of the molecule is Nc1ccccc1C(=O)N[C@@H]1CCCCNC1=O. The predicted octanol–water partition coefficient (Wildman–Crippen LogP) is 0.667. The van der Waals surface area contributed by atoms with E-state index in [4.69, 9.17) is 5.73 Å². The molecular weight excluding hydrogens is 230 g/mol. The molecule has 1 saturated heterocycles. The summed E-state index contributed by atoms with van der Waals surface area (Å²) < 4.78 is 0. The first-order chi connectivity index (χ1) is 8.68. The number of para-hydroxylation sites is 1. The van der Waals surface area contributed by atoms with Crippen molar-refractivity contribution in [3.63, 3.8) is 0 Å². The Balaban J connectivity index is 2.06. The lowest BCUT2D eigenvalue weighted by Gasteiger charge is -2.15. The molecule has 18 heavy (non-hydrogen) atoms. The van der Waals surface area contributed by atoms with E-state index < -0.39 is 6.04 Å². The van der Waals surface area contributed by atoms with Crippen molar-refractivity contribution in [2.45, 2.75) is 25.3 Å². The van der Waals surface area contributed by atoms with Crippen LogP contribution in [0.2, 0.25) is 0 Å². The van der Waals surface area contributed by atoms with Gasteiger partial charge in [0.05, 0.1) is 5.56 Å². The molecule has 2 rings (SSSR count). The number of rotatable bonds is 2. The van der Waals surface area contributed by atoms with Gasteiger partial charge in [-0.3, -0.25) is 9.59 Å². The first-order valence-corrected chi connectivity index (χ1v) is 6.11. The van der Waals surface area contributed by atoms with E-state index >= 15 is 0 Å². The number of nitrogens with two attached hydrogens (primary N) is 1. The molecule has 2 amide bonds. The fourth-order valence-corrected chi connectivity index (χ4v) is 2.02. The molecule has 0 unspecified atom stereocenters. The zero-order chi connectivity index (χ0) is 13.0. The summed E-state index contributed by atoms with van der Waals surface area (Å²) in [6.45, 7) is 0.679. The standard InChI is InChI=1S/C13H17N3O2/c14-10-6-2-1-5-9(10)12(17)16-11-7-3-4-8-15-13(11)18/h1-2,5-6,11H,3-4,7-8,14H2,(H,15,18)(H,16,17)/t11-/m1/s1. The van der Waals surface area contributed by atoms with Crippen LogP contribution in [0.15, 0.2) is 24.3 Å². The van der Waals surface area contributed by atoms with Crippen LogP contribution in [-0.2, 0) is 4.79 Å². The minimum atomic E-state index is -0.459. The van der Waals surface area contributed by atoms with Gasteiger partial charge in [0.25, 0.3) is 5.91 Å². The third-order valence-electron chi connectivity index (χ3n) is 3.05. The predicted molar refractivity (Wildman–Crippen MR) is 69.0 cm³/mol. The smallest absolute Gasteiger partial charge is 0.254 e. The Morgan fingerprint density at radius 1 is 1.33 bits per heavy atom. The largest absolute Gasteiger partial charge is 0.398 e. The van der Waals surface area contributed by atoms with Gasteiger partial charge in [0.15, 0.2) is 0 Å². The molecule has 0 aliphatic carbocycles. The Morgan fingerprint density at radius 2 is 2.11 bits per heavy atom. The van der Waals surface area contributed by atoms with Crippen LogP contribution in [0, 0.1) is 0 Å². The van der Waals surface area contributed by atoms with Crippen LogP contribution in [0.3, 0.4) is 0 Å². The van der Waals surface area contributed by atoms with Crippen molar-refractivity contribution >= 4 is 17.5 Å². The lowest BCUT2D eigenvalue weighted by atomic mass is 10.1. The second-order valence-electron chi connectivity index (χ2n) is 4.40. The van der Waals surface area contributed by atoms with Gasteiger partial charge < -0.3 is 16.4 Å². The van der Waals surface area contributed by atoms with Gasteiger partial charge in [-0.05, 0) is 31.4 Å². The topological polar surface area (TPSA) is 84.2 Å². The fraction of sp³-hybridized carbons (Fsp3) is 0.385. The van der Waals surface area contributed by atoms with E-state index in [2.05, 4.69) is 10.6 Å². The molecule has 1 aliphatic heterocycles. The van der Waals surface area contributed by atoms with Crippen LogP contribution in [-0.4, -0.2) is 24.4 Å². The Hall–Kier alpha value is -2.04. The first kappa shape index (κ1) is 12.4. The average Bonchev–Trinajstić information content (AvgIpc) is 2.55. The highest BCUT2D eigenvalue weighted by atomic mass is 16.2. The van der Waals surface area contributed by atoms with Crippen molar-refractivity contribution in [3.05, 3.63) is 29.8 Å². The van der Waals surface area contributed by atoms with E-state index in [1.165, 1.54) is 0 Å². The second-order valence-corrected chi connectivity index (χ2v) is 4.40. The van der Waals surface area contributed by atoms with Crippen molar-refractivity contribution < 1.29 is 9.59 Å². The van der Waals surface area contributed by atoms with Crippen LogP contribution in [0.1, 0.15) is 29.6 Å². The first-order valence-electron chi connectivity index (χ1n) is 6.11. The number of nitrogen functional groups attached to an aromatic ring is 1. The summed E-state index contributed by atoms with van der Waals surface area (Å²) in [4.78, 5) is 23.7. The van der Waals surface area contributed by atoms with Crippen LogP contribution >= 0.6 is 0 Å². The summed E-state index contributed by atoms with van der Waals surface area (Å²) in [7, 11) is 0. The summed E-state index contributed by atoms with van der Waals surface area (Å²) in [6, 6.07) is 6.38. The monoisotopic (exact) mass is 247 g/mol. The molecule has 1 aliphatic rings. The number of nitrogens with one attached hydrogen (secondary N) is 2. The molecule has 1 fully saturated rings. The maximum absolute atomic E-state index is 12.0. The molecule has 5 heteroatoms. The molecule has 1 atom stereocenters. The summed E-state index contributed by atoms with van der Waals surface area (Å²) >= 11 is 0. The maximum Gasteiger partial charge on any atom is 0.254 e. The summed E-state index contributed by atoms with van der Waals surface area (Å²) in [6.07, 6.45) is 2.55. The number of hydrogen-bond donors (Lipinski definition) is 3. The van der Waals surface area contributed by atoms with Crippen LogP contribution in [0.25, 0.3) is 0 Å². The molecule has 1 aromatic carbocycles. The molecule has 1 aromatic rings. The molecule has 5 nitrogen and oxygen atoms in total. The molecule has 96 valence electrons. The summed E-state index contributed by atoms with van der Waals surface area (Å²) in [5.74, 6) is -0.412. The number of hydrogen-bond acceptors (Lipinski definition) is 3. The van der Waals surface area contributed by atoms with Crippen molar-refractivity contribution in [1.82, 2.24) is 10.6 Å². The highest BCUT2D eigenvalue weighted by molar-refractivity contribution is 6.01. The number of carbonyl (C=O) groups excluding carboxylic acids is 2. The Bertz CT molecular complexity index is 459. The molecule has 4 N–H and O–H groups in total. The van der Waals surface area contributed by atoms with Gasteiger partial charge in [-0.1, -0.05) is 12.1 Å². The minimum Gasteiger partial charge on any atom is -0.398 e. The van der Waals surface area contributed by atoms with Gasteiger partial charge in [-0.25, -0.2) is 0 Å². The number of benzene rings is 1. The van der Waals surface area contributed by atoms with Crippen molar-refractivity contribution in [2.75, 3.05) is 12.3 Å². The zero-order valence-electron chi connectivity index (χ0n) is 10.1. The van der Waals surface area contributed by atoms with E-state index in [-0.39, 0.29) is 11.8 Å².